The number of hydrogen-bond acceptors (Lipinski definition) is 2. The number of hydrogen-bond donors (Lipinski definition) is 1. The number of carbonyl (C=O) groups is 1. The first-order valence-electron chi connectivity index (χ1n) is 4.32. The molecule has 0 radical (unpaired) electrons. The van der Waals surface area contributed by atoms with E-state index >= 15 is 0 Å². The summed E-state index contributed by atoms with van der Waals surface area (Å²) in [6.45, 7) is 1.62. The molecule has 0 aliphatic rings. The predicted octanol–water partition coefficient (Wildman–Crippen LogP) is 2.72. The lowest BCUT2D eigenvalue weighted by Gasteiger charge is -2.12. The summed E-state index contributed by atoms with van der Waals surface area (Å²) < 4.78 is 18.0. The number of halogens is 2. The smallest absolute Gasteiger partial charge is 0.307 e. The molecule has 0 aromatic heterocycles. The molecule has 0 amide bonds. The Balaban J connectivity index is 2.64. The van der Waals surface area contributed by atoms with Crippen molar-refractivity contribution in [2.45, 2.75) is 19.4 Å². The number of ether oxygens (including phenoxy) is 1. The SMILES string of the molecule is CC(CC(=O)O)Oc1ccc(F)c(Cl)c1. The van der Waals surface area contributed by atoms with Crippen molar-refractivity contribution < 1.29 is 19.0 Å². The van der Waals surface area contributed by atoms with Crippen molar-refractivity contribution in [3.8, 4) is 5.75 Å². The van der Waals surface area contributed by atoms with E-state index in [0.29, 0.717) is 5.75 Å². The van der Waals surface area contributed by atoms with Gasteiger partial charge in [-0.05, 0) is 19.1 Å². The molecule has 1 unspecified atom stereocenters. The van der Waals surface area contributed by atoms with Gasteiger partial charge in [0.25, 0.3) is 0 Å². The van der Waals surface area contributed by atoms with Gasteiger partial charge in [-0.3, -0.25) is 4.79 Å². The summed E-state index contributed by atoms with van der Waals surface area (Å²) in [7, 11) is 0. The zero-order chi connectivity index (χ0) is 11.4. The first-order chi connectivity index (χ1) is 6.99. The number of benzene rings is 1. The molecular weight excluding hydrogens is 223 g/mol. The van der Waals surface area contributed by atoms with E-state index in [0.717, 1.165) is 0 Å². The zero-order valence-corrected chi connectivity index (χ0v) is 8.79. The van der Waals surface area contributed by atoms with Gasteiger partial charge in [-0.15, -0.1) is 0 Å². The van der Waals surface area contributed by atoms with E-state index in [1.807, 2.05) is 0 Å². The van der Waals surface area contributed by atoms with Crippen molar-refractivity contribution in [1.82, 2.24) is 0 Å². The number of aliphatic carboxylic acids is 1. The van der Waals surface area contributed by atoms with Crippen LogP contribution in [0.1, 0.15) is 13.3 Å². The standard InChI is InChI=1S/C10H10ClFO3/c1-6(4-10(13)14)15-7-2-3-9(12)8(11)5-7/h2-3,5-6H,4H2,1H3,(H,13,14). The highest BCUT2D eigenvalue weighted by atomic mass is 35.5. The molecule has 3 nitrogen and oxygen atoms in total. The molecule has 1 rings (SSSR count). The molecule has 1 N–H and O–H groups in total. The molecule has 0 bridgehead atoms. The van der Waals surface area contributed by atoms with Crippen molar-refractivity contribution in [3.63, 3.8) is 0 Å². The Morgan fingerprint density at radius 1 is 1.67 bits per heavy atom. The topological polar surface area (TPSA) is 46.5 Å². The highest BCUT2D eigenvalue weighted by molar-refractivity contribution is 6.30. The Labute approximate surface area is 91.4 Å². The van der Waals surface area contributed by atoms with Crippen molar-refractivity contribution >= 4 is 17.6 Å². The van der Waals surface area contributed by atoms with Gasteiger partial charge in [-0.25, -0.2) is 4.39 Å². The fraction of sp³-hybridized carbons (Fsp3) is 0.300. The van der Waals surface area contributed by atoms with Crippen LogP contribution in [0.5, 0.6) is 5.75 Å². The van der Waals surface area contributed by atoms with Crippen molar-refractivity contribution in [1.29, 1.82) is 0 Å². The van der Waals surface area contributed by atoms with Gasteiger partial charge in [-0.1, -0.05) is 11.6 Å². The van der Waals surface area contributed by atoms with Crippen LogP contribution in [-0.2, 0) is 4.79 Å². The van der Waals surface area contributed by atoms with Gasteiger partial charge < -0.3 is 9.84 Å². The van der Waals surface area contributed by atoms with Crippen LogP contribution < -0.4 is 4.74 Å². The highest BCUT2D eigenvalue weighted by Gasteiger charge is 2.10. The Hall–Kier alpha value is -1.29. The maximum Gasteiger partial charge on any atom is 0.307 e. The van der Waals surface area contributed by atoms with Gasteiger partial charge >= 0.3 is 5.97 Å². The molecule has 0 aliphatic heterocycles. The van der Waals surface area contributed by atoms with Crippen LogP contribution in [0, 0.1) is 5.82 Å². The molecule has 0 spiro atoms. The quantitative estimate of drug-likeness (QED) is 0.868. The summed E-state index contributed by atoms with van der Waals surface area (Å²) in [5.74, 6) is -1.12. The predicted molar refractivity (Wildman–Crippen MR) is 53.8 cm³/mol. The zero-order valence-electron chi connectivity index (χ0n) is 8.04. The van der Waals surface area contributed by atoms with Gasteiger partial charge in [0.15, 0.2) is 0 Å². The third-order valence-corrected chi connectivity index (χ3v) is 1.98. The summed E-state index contributed by atoms with van der Waals surface area (Å²) >= 11 is 5.53. The van der Waals surface area contributed by atoms with Crippen LogP contribution in [0.4, 0.5) is 4.39 Å². The van der Waals surface area contributed by atoms with E-state index in [2.05, 4.69) is 0 Å². The summed E-state index contributed by atoms with van der Waals surface area (Å²) in [4.78, 5) is 10.4. The van der Waals surface area contributed by atoms with E-state index < -0.39 is 17.9 Å². The van der Waals surface area contributed by atoms with E-state index in [-0.39, 0.29) is 11.4 Å². The molecule has 82 valence electrons. The van der Waals surface area contributed by atoms with Crippen molar-refractivity contribution in [2.75, 3.05) is 0 Å². The van der Waals surface area contributed by atoms with E-state index in [4.69, 9.17) is 21.4 Å². The summed E-state index contributed by atoms with van der Waals surface area (Å²) in [5, 5.41) is 8.45. The molecule has 1 aromatic rings. The summed E-state index contributed by atoms with van der Waals surface area (Å²) in [6, 6.07) is 3.89. The Morgan fingerprint density at radius 3 is 2.87 bits per heavy atom. The van der Waals surface area contributed by atoms with Gasteiger partial charge in [0.1, 0.15) is 17.7 Å². The van der Waals surface area contributed by atoms with Crippen LogP contribution in [0.3, 0.4) is 0 Å². The summed E-state index contributed by atoms with van der Waals surface area (Å²) in [6.07, 6.45) is -0.598. The van der Waals surface area contributed by atoms with E-state index in [1.54, 1.807) is 6.92 Å². The highest BCUT2D eigenvalue weighted by Crippen LogP contribution is 2.22. The lowest BCUT2D eigenvalue weighted by molar-refractivity contribution is -0.138. The van der Waals surface area contributed by atoms with Gasteiger partial charge in [0.2, 0.25) is 0 Å². The Bertz CT molecular complexity index is 368. The monoisotopic (exact) mass is 232 g/mol. The molecule has 0 heterocycles. The van der Waals surface area contributed by atoms with Gasteiger partial charge in [0.05, 0.1) is 11.4 Å². The second-order valence-corrected chi connectivity index (χ2v) is 3.51. The summed E-state index contributed by atoms with van der Waals surface area (Å²) in [5.41, 5.74) is 0. The van der Waals surface area contributed by atoms with Crippen LogP contribution in [0.15, 0.2) is 18.2 Å². The molecule has 0 saturated heterocycles. The Kier molecular flexibility index (Phi) is 3.91. The fourth-order valence-electron chi connectivity index (χ4n) is 1.07. The average Bonchev–Trinajstić information content (AvgIpc) is 2.10. The molecule has 0 fully saturated rings. The fourth-order valence-corrected chi connectivity index (χ4v) is 1.24. The average molecular weight is 233 g/mol. The maximum atomic E-state index is 12.8. The lowest BCUT2D eigenvalue weighted by atomic mass is 10.3. The molecule has 0 aliphatic carbocycles. The number of rotatable bonds is 4. The van der Waals surface area contributed by atoms with Crippen LogP contribution in [0.25, 0.3) is 0 Å². The van der Waals surface area contributed by atoms with E-state index in [1.165, 1.54) is 18.2 Å². The second kappa shape index (κ2) is 4.98. The Morgan fingerprint density at radius 2 is 2.33 bits per heavy atom. The third kappa shape index (κ3) is 3.75. The molecule has 1 atom stereocenters. The largest absolute Gasteiger partial charge is 0.490 e. The van der Waals surface area contributed by atoms with Crippen LogP contribution >= 0.6 is 11.6 Å². The molecule has 15 heavy (non-hydrogen) atoms. The first kappa shape index (κ1) is 11.8. The second-order valence-electron chi connectivity index (χ2n) is 3.10. The van der Waals surface area contributed by atoms with Gasteiger partial charge in [0, 0.05) is 6.07 Å². The minimum absolute atomic E-state index is 0.0463. The minimum Gasteiger partial charge on any atom is -0.490 e. The first-order valence-corrected chi connectivity index (χ1v) is 4.70. The van der Waals surface area contributed by atoms with Crippen molar-refractivity contribution in [3.05, 3.63) is 29.0 Å². The lowest BCUT2D eigenvalue weighted by Crippen LogP contribution is -2.16. The van der Waals surface area contributed by atoms with E-state index in [9.17, 15) is 9.18 Å². The molecule has 0 saturated carbocycles. The number of carboxylic acid groups (broad SMARTS) is 1. The molecule has 1 aromatic carbocycles. The van der Waals surface area contributed by atoms with Crippen LogP contribution in [0.2, 0.25) is 5.02 Å². The van der Waals surface area contributed by atoms with Crippen LogP contribution in [-0.4, -0.2) is 17.2 Å². The normalized spacial score (nSPS) is 12.2. The van der Waals surface area contributed by atoms with Gasteiger partial charge in [-0.2, -0.15) is 0 Å². The molecular formula is C10H10ClFO3. The van der Waals surface area contributed by atoms with Crippen molar-refractivity contribution in [2.24, 2.45) is 0 Å². The third-order valence-electron chi connectivity index (χ3n) is 1.69. The molecule has 5 heteroatoms. The number of carboxylic acids is 1. The minimum atomic E-state index is -0.948. The maximum absolute atomic E-state index is 12.8.